The number of hydrogen-bond donors (Lipinski definition) is 0. The third-order valence-corrected chi connectivity index (χ3v) is 11.0. The molecule has 0 unspecified atom stereocenters. The van der Waals surface area contributed by atoms with Crippen LogP contribution in [0.15, 0.2) is 199 Å². The number of hydrogen-bond acceptors (Lipinski definition) is 1. The Morgan fingerprint density at radius 3 is 1.47 bits per heavy atom. The van der Waals surface area contributed by atoms with Crippen molar-refractivity contribution in [2.75, 3.05) is 0 Å². The molecule has 1 aromatic heterocycles. The third kappa shape index (κ3) is 4.64. The summed E-state index contributed by atoms with van der Waals surface area (Å²) in [6.45, 7) is 0. The predicted molar refractivity (Wildman–Crippen MR) is 225 cm³/mol. The maximum absolute atomic E-state index is 6.33. The van der Waals surface area contributed by atoms with Gasteiger partial charge in [-0.25, -0.2) is 0 Å². The topological polar surface area (TPSA) is 13.1 Å². The molecule has 0 radical (unpaired) electrons. The second-order valence-corrected chi connectivity index (χ2v) is 14.0. The maximum atomic E-state index is 6.33. The molecule has 0 N–H and O–H groups in total. The van der Waals surface area contributed by atoms with Gasteiger partial charge in [0, 0.05) is 10.8 Å². The van der Waals surface area contributed by atoms with Crippen LogP contribution in [0, 0.1) is 0 Å². The molecule has 1 heteroatoms. The number of furan rings is 1. The van der Waals surface area contributed by atoms with Crippen LogP contribution in [0.25, 0.3) is 110 Å². The summed E-state index contributed by atoms with van der Waals surface area (Å²) in [7, 11) is 0. The Kier molecular flexibility index (Phi) is 6.62. The first-order chi connectivity index (χ1) is 26.3. The predicted octanol–water partition coefficient (Wildman–Crippen LogP) is 14.9. The third-order valence-electron chi connectivity index (χ3n) is 11.0. The average molecular weight is 673 g/mol. The normalized spacial score (nSPS) is 11.8. The van der Waals surface area contributed by atoms with Gasteiger partial charge in [0.05, 0.1) is 0 Å². The number of fused-ring (bicyclic) bond motifs is 8. The highest BCUT2D eigenvalue weighted by Gasteiger charge is 2.20. The van der Waals surface area contributed by atoms with Gasteiger partial charge in [-0.05, 0) is 118 Å². The minimum absolute atomic E-state index is 0.907. The van der Waals surface area contributed by atoms with Gasteiger partial charge >= 0.3 is 0 Å². The van der Waals surface area contributed by atoms with Crippen molar-refractivity contribution < 1.29 is 4.42 Å². The van der Waals surface area contributed by atoms with Gasteiger partial charge in [-0.15, -0.1) is 0 Å². The highest BCUT2D eigenvalue weighted by Crippen LogP contribution is 2.47. The van der Waals surface area contributed by atoms with E-state index in [1.807, 2.05) is 6.07 Å². The molecule has 0 aliphatic heterocycles. The van der Waals surface area contributed by atoms with E-state index in [1.165, 1.54) is 87.6 Å². The van der Waals surface area contributed by atoms with Gasteiger partial charge in [0.15, 0.2) is 0 Å². The van der Waals surface area contributed by atoms with E-state index in [1.54, 1.807) is 0 Å². The van der Waals surface area contributed by atoms with Crippen LogP contribution in [0.1, 0.15) is 0 Å². The Bertz CT molecular complexity index is 3210. The molecule has 0 spiro atoms. The van der Waals surface area contributed by atoms with Crippen molar-refractivity contribution in [1.29, 1.82) is 0 Å². The first-order valence-electron chi connectivity index (χ1n) is 18.3. The number of para-hydroxylation sites is 1. The van der Waals surface area contributed by atoms with Crippen LogP contribution in [0.3, 0.4) is 0 Å². The molecule has 0 saturated heterocycles. The summed E-state index contributed by atoms with van der Waals surface area (Å²) in [5, 5.41) is 12.3. The molecular weight excluding hydrogens is 641 g/mol. The lowest BCUT2D eigenvalue weighted by molar-refractivity contribution is 0.669. The minimum atomic E-state index is 0.907. The van der Waals surface area contributed by atoms with Crippen molar-refractivity contribution in [1.82, 2.24) is 0 Å². The van der Waals surface area contributed by atoms with E-state index < -0.39 is 0 Å². The van der Waals surface area contributed by atoms with Crippen LogP contribution >= 0.6 is 0 Å². The average Bonchev–Trinajstić information content (AvgIpc) is 3.62. The summed E-state index contributed by atoms with van der Waals surface area (Å²) in [5.41, 5.74) is 11.5. The molecule has 11 aromatic rings. The fraction of sp³-hybridized carbons (Fsp3) is 0. The Balaban J connectivity index is 1.26. The molecular formula is C52H32O. The number of rotatable bonds is 4. The van der Waals surface area contributed by atoms with Crippen molar-refractivity contribution in [2.45, 2.75) is 0 Å². The molecule has 0 saturated carbocycles. The molecule has 0 fully saturated rings. The molecule has 0 amide bonds. The minimum Gasteiger partial charge on any atom is -0.456 e. The van der Waals surface area contributed by atoms with E-state index in [0.717, 1.165) is 21.9 Å². The second kappa shape index (κ2) is 11.8. The van der Waals surface area contributed by atoms with Crippen molar-refractivity contribution in [3.05, 3.63) is 194 Å². The molecule has 1 heterocycles. The lowest BCUT2D eigenvalue weighted by atomic mass is 9.83. The summed E-state index contributed by atoms with van der Waals surface area (Å²) >= 11 is 0. The van der Waals surface area contributed by atoms with Crippen LogP contribution in [-0.2, 0) is 0 Å². The zero-order chi connectivity index (χ0) is 34.9. The molecule has 0 bridgehead atoms. The molecule has 0 atom stereocenters. The van der Waals surface area contributed by atoms with Gasteiger partial charge in [0.1, 0.15) is 11.2 Å². The highest BCUT2D eigenvalue weighted by molar-refractivity contribution is 6.24. The fourth-order valence-electron chi connectivity index (χ4n) is 8.70. The van der Waals surface area contributed by atoms with Gasteiger partial charge in [0.25, 0.3) is 0 Å². The van der Waals surface area contributed by atoms with Crippen LogP contribution in [0.2, 0.25) is 0 Å². The molecule has 53 heavy (non-hydrogen) atoms. The molecule has 0 aliphatic rings. The molecule has 1 nitrogen and oxygen atoms in total. The van der Waals surface area contributed by atoms with Crippen LogP contribution in [-0.4, -0.2) is 0 Å². The largest absolute Gasteiger partial charge is 0.456 e. The zero-order valence-corrected chi connectivity index (χ0v) is 28.9. The lowest BCUT2D eigenvalue weighted by Crippen LogP contribution is -1.93. The smallest absolute Gasteiger partial charge is 0.136 e. The van der Waals surface area contributed by atoms with Crippen molar-refractivity contribution >= 4 is 65.0 Å². The highest BCUT2D eigenvalue weighted by atomic mass is 16.3. The monoisotopic (exact) mass is 672 g/mol. The van der Waals surface area contributed by atoms with Crippen LogP contribution in [0.4, 0.5) is 0 Å². The Labute approximate surface area is 307 Å². The van der Waals surface area contributed by atoms with Crippen LogP contribution < -0.4 is 0 Å². The first kappa shape index (κ1) is 29.7. The second-order valence-electron chi connectivity index (χ2n) is 14.0. The summed E-state index contributed by atoms with van der Waals surface area (Å²) in [5.74, 6) is 0. The SMILES string of the molecule is c1ccc(-c2c3ccc(-c4cccc5oc6ccccc6c45)cc3c(-c3ccccc3)c3ccc(-c4cc5ccccc5c5ccccc45)cc23)cc1. The summed E-state index contributed by atoms with van der Waals surface area (Å²) < 4.78 is 6.33. The standard InChI is InChI=1S/C52H32O/c1-3-14-33(15-4-1)50-43-29-27-37(45-30-35-18-7-8-19-38(35)40-20-9-10-21-41(40)45)32-47(43)51(34-16-5-2-6-17-34)42-28-26-36(31-46(42)50)39-23-13-25-49-52(39)44-22-11-12-24-48(44)53-49/h1-32H. The van der Waals surface area contributed by atoms with E-state index in [9.17, 15) is 0 Å². The van der Waals surface area contributed by atoms with Gasteiger partial charge in [0.2, 0.25) is 0 Å². The van der Waals surface area contributed by atoms with E-state index in [4.69, 9.17) is 4.42 Å². The first-order valence-corrected chi connectivity index (χ1v) is 18.3. The van der Waals surface area contributed by atoms with Crippen LogP contribution in [0.5, 0.6) is 0 Å². The van der Waals surface area contributed by atoms with Gasteiger partial charge in [-0.1, -0.05) is 164 Å². The van der Waals surface area contributed by atoms with E-state index >= 15 is 0 Å². The molecule has 10 aromatic carbocycles. The number of benzene rings is 10. The fourth-order valence-corrected chi connectivity index (χ4v) is 8.70. The Morgan fingerprint density at radius 1 is 0.264 bits per heavy atom. The van der Waals surface area contributed by atoms with Gasteiger partial charge in [-0.2, -0.15) is 0 Å². The Morgan fingerprint density at radius 2 is 0.792 bits per heavy atom. The van der Waals surface area contributed by atoms with Crippen molar-refractivity contribution in [3.63, 3.8) is 0 Å². The zero-order valence-electron chi connectivity index (χ0n) is 28.9. The van der Waals surface area contributed by atoms with Crippen molar-refractivity contribution in [2.24, 2.45) is 0 Å². The van der Waals surface area contributed by atoms with E-state index in [2.05, 4.69) is 188 Å². The van der Waals surface area contributed by atoms with Crippen molar-refractivity contribution in [3.8, 4) is 44.5 Å². The van der Waals surface area contributed by atoms with Gasteiger partial charge < -0.3 is 4.42 Å². The summed E-state index contributed by atoms with van der Waals surface area (Å²) in [6.07, 6.45) is 0. The quantitative estimate of drug-likeness (QED) is 0.134. The summed E-state index contributed by atoms with van der Waals surface area (Å²) in [4.78, 5) is 0. The maximum Gasteiger partial charge on any atom is 0.136 e. The van der Waals surface area contributed by atoms with Gasteiger partial charge in [-0.3, -0.25) is 0 Å². The molecule has 11 rings (SSSR count). The van der Waals surface area contributed by atoms with E-state index in [-0.39, 0.29) is 0 Å². The van der Waals surface area contributed by atoms with E-state index in [0.29, 0.717) is 0 Å². The Hall–Kier alpha value is -6.96. The molecule has 246 valence electrons. The summed E-state index contributed by atoms with van der Waals surface area (Å²) in [6, 6.07) is 70.7. The molecule has 0 aliphatic carbocycles. The lowest BCUT2D eigenvalue weighted by Gasteiger charge is -2.20.